The zero-order valence-electron chi connectivity index (χ0n) is 12.1. The molecule has 0 heterocycles. The minimum atomic E-state index is -0.342. The predicted molar refractivity (Wildman–Crippen MR) is 83.6 cm³/mol. The number of nitrogens with zero attached hydrogens (tertiary/aromatic N) is 1. The van der Waals surface area contributed by atoms with E-state index in [1.165, 1.54) is 12.1 Å². The molecule has 2 rings (SSSR count). The van der Waals surface area contributed by atoms with Crippen molar-refractivity contribution >= 4 is 17.3 Å². The van der Waals surface area contributed by atoms with E-state index in [1.807, 2.05) is 31.2 Å². The molecule has 0 fully saturated rings. The average molecular weight is 286 g/mol. The van der Waals surface area contributed by atoms with Gasteiger partial charge in [0.1, 0.15) is 5.82 Å². The van der Waals surface area contributed by atoms with Crippen molar-refractivity contribution in [2.45, 2.75) is 19.8 Å². The number of nitrogens with two attached hydrogens (primary N) is 1. The summed E-state index contributed by atoms with van der Waals surface area (Å²) in [5.41, 5.74) is 8.11. The second-order valence-electron chi connectivity index (χ2n) is 4.82. The molecule has 0 aliphatic rings. The van der Waals surface area contributed by atoms with Crippen molar-refractivity contribution in [3.63, 3.8) is 0 Å². The molecule has 2 N–H and O–H groups in total. The summed E-state index contributed by atoms with van der Waals surface area (Å²) >= 11 is 0. The van der Waals surface area contributed by atoms with Gasteiger partial charge in [-0.15, -0.1) is 0 Å². The highest BCUT2D eigenvalue weighted by Gasteiger charge is 2.14. The van der Waals surface area contributed by atoms with Gasteiger partial charge in [0.15, 0.2) is 0 Å². The molecule has 0 saturated heterocycles. The maximum Gasteiger partial charge on any atom is 0.227 e. The summed E-state index contributed by atoms with van der Waals surface area (Å²) in [7, 11) is 0. The van der Waals surface area contributed by atoms with Gasteiger partial charge in [-0.2, -0.15) is 0 Å². The Balaban J connectivity index is 2.06. The molecule has 1 amide bonds. The van der Waals surface area contributed by atoms with Gasteiger partial charge in [0.2, 0.25) is 5.91 Å². The zero-order chi connectivity index (χ0) is 15.2. The molecule has 4 heteroatoms. The third kappa shape index (κ3) is 3.81. The highest BCUT2D eigenvalue weighted by Crippen LogP contribution is 2.18. The maximum absolute atomic E-state index is 13.3. The van der Waals surface area contributed by atoms with E-state index in [1.54, 1.807) is 17.0 Å². The molecule has 2 aromatic carbocycles. The number of halogens is 1. The standard InChI is InChI=1S/C17H19FN2O/c1-2-20(15-8-5-7-14(18)12-15)17(21)11-10-13-6-3-4-9-16(13)19/h3-9,12H,2,10-11,19H2,1H3. The number of hydrogen-bond donors (Lipinski definition) is 1. The summed E-state index contributed by atoms with van der Waals surface area (Å²) in [5.74, 6) is -0.377. The van der Waals surface area contributed by atoms with Gasteiger partial charge in [-0.3, -0.25) is 4.79 Å². The van der Waals surface area contributed by atoms with Crippen LogP contribution in [0.15, 0.2) is 48.5 Å². The van der Waals surface area contributed by atoms with Gasteiger partial charge < -0.3 is 10.6 Å². The smallest absolute Gasteiger partial charge is 0.227 e. The van der Waals surface area contributed by atoms with Gasteiger partial charge in [-0.1, -0.05) is 24.3 Å². The van der Waals surface area contributed by atoms with E-state index in [0.29, 0.717) is 30.8 Å². The van der Waals surface area contributed by atoms with Crippen molar-refractivity contribution in [3.05, 3.63) is 59.9 Å². The first kappa shape index (κ1) is 15.0. The van der Waals surface area contributed by atoms with Crippen molar-refractivity contribution in [3.8, 4) is 0 Å². The van der Waals surface area contributed by atoms with Crippen molar-refractivity contribution < 1.29 is 9.18 Å². The summed E-state index contributed by atoms with van der Waals surface area (Å²) in [6.45, 7) is 2.38. The highest BCUT2D eigenvalue weighted by molar-refractivity contribution is 5.93. The quantitative estimate of drug-likeness (QED) is 0.856. The lowest BCUT2D eigenvalue weighted by Gasteiger charge is -2.21. The van der Waals surface area contributed by atoms with Crippen LogP contribution in [0.2, 0.25) is 0 Å². The number of benzene rings is 2. The second kappa shape index (κ2) is 6.88. The van der Waals surface area contributed by atoms with Crippen molar-refractivity contribution in [1.29, 1.82) is 0 Å². The van der Waals surface area contributed by atoms with Crippen LogP contribution in [-0.4, -0.2) is 12.5 Å². The van der Waals surface area contributed by atoms with E-state index in [4.69, 9.17) is 5.73 Å². The second-order valence-corrected chi connectivity index (χ2v) is 4.82. The van der Waals surface area contributed by atoms with Gasteiger partial charge in [-0.05, 0) is 43.2 Å². The molecule has 110 valence electrons. The van der Waals surface area contributed by atoms with Crippen LogP contribution in [0.25, 0.3) is 0 Å². The maximum atomic E-state index is 13.3. The van der Waals surface area contributed by atoms with Crippen molar-refractivity contribution in [1.82, 2.24) is 0 Å². The number of anilines is 2. The Morgan fingerprint density at radius 1 is 1.19 bits per heavy atom. The number of aryl methyl sites for hydroxylation is 1. The fourth-order valence-electron chi connectivity index (χ4n) is 2.29. The normalized spacial score (nSPS) is 10.4. The number of carbonyl (C=O) groups excluding carboxylic acids is 1. The molecule has 0 radical (unpaired) electrons. The lowest BCUT2D eigenvalue weighted by atomic mass is 10.1. The minimum absolute atomic E-state index is 0.0358. The minimum Gasteiger partial charge on any atom is -0.399 e. The molecule has 0 aromatic heterocycles. The largest absolute Gasteiger partial charge is 0.399 e. The first-order valence-corrected chi connectivity index (χ1v) is 7.01. The molecular weight excluding hydrogens is 267 g/mol. The summed E-state index contributed by atoms with van der Waals surface area (Å²) in [6.07, 6.45) is 0.926. The van der Waals surface area contributed by atoms with E-state index >= 15 is 0 Å². The van der Waals surface area contributed by atoms with E-state index in [2.05, 4.69) is 0 Å². The molecule has 0 aliphatic carbocycles. The topological polar surface area (TPSA) is 46.3 Å². The molecule has 0 unspecified atom stereocenters. The van der Waals surface area contributed by atoms with Gasteiger partial charge >= 0.3 is 0 Å². The summed E-state index contributed by atoms with van der Waals surface area (Å²) in [6, 6.07) is 13.6. The summed E-state index contributed by atoms with van der Waals surface area (Å²) in [5, 5.41) is 0. The average Bonchev–Trinajstić information content (AvgIpc) is 2.47. The lowest BCUT2D eigenvalue weighted by Crippen LogP contribution is -2.30. The van der Waals surface area contributed by atoms with Crippen LogP contribution in [0.1, 0.15) is 18.9 Å². The molecule has 0 spiro atoms. The van der Waals surface area contributed by atoms with E-state index in [-0.39, 0.29) is 11.7 Å². The number of nitrogen functional groups attached to an aromatic ring is 1. The number of amides is 1. The van der Waals surface area contributed by atoms with Crippen LogP contribution in [0.4, 0.5) is 15.8 Å². The van der Waals surface area contributed by atoms with Crippen LogP contribution >= 0.6 is 0 Å². The van der Waals surface area contributed by atoms with E-state index in [0.717, 1.165) is 5.56 Å². The summed E-state index contributed by atoms with van der Waals surface area (Å²) < 4.78 is 13.3. The Labute approximate surface area is 124 Å². The van der Waals surface area contributed by atoms with Gasteiger partial charge in [0, 0.05) is 24.3 Å². The molecule has 0 bridgehead atoms. The highest BCUT2D eigenvalue weighted by atomic mass is 19.1. The van der Waals surface area contributed by atoms with Crippen molar-refractivity contribution in [2.75, 3.05) is 17.2 Å². The number of rotatable bonds is 5. The Hall–Kier alpha value is -2.36. The third-order valence-electron chi connectivity index (χ3n) is 3.40. The number of hydrogen-bond acceptors (Lipinski definition) is 2. The van der Waals surface area contributed by atoms with E-state index < -0.39 is 0 Å². The fourth-order valence-corrected chi connectivity index (χ4v) is 2.29. The molecule has 0 atom stereocenters. The zero-order valence-corrected chi connectivity index (χ0v) is 12.1. The molecule has 0 aliphatic heterocycles. The van der Waals surface area contributed by atoms with Gasteiger partial charge in [0.05, 0.1) is 0 Å². The molecule has 2 aromatic rings. The SMILES string of the molecule is CCN(C(=O)CCc1ccccc1N)c1cccc(F)c1. The Morgan fingerprint density at radius 2 is 1.95 bits per heavy atom. The Morgan fingerprint density at radius 3 is 2.62 bits per heavy atom. The van der Waals surface area contributed by atoms with Crippen LogP contribution in [0.3, 0.4) is 0 Å². The van der Waals surface area contributed by atoms with E-state index in [9.17, 15) is 9.18 Å². The monoisotopic (exact) mass is 286 g/mol. The molecule has 3 nitrogen and oxygen atoms in total. The van der Waals surface area contributed by atoms with Gasteiger partial charge in [0.25, 0.3) is 0 Å². The number of carbonyl (C=O) groups is 1. The molecular formula is C17H19FN2O. The van der Waals surface area contributed by atoms with Crippen LogP contribution < -0.4 is 10.6 Å². The fraction of sp³-hybridized carbons (Fsp3) is 0.235. The third-order valence-corrected chi connectivity index (χ3v) is 3.40. The van der Waals surface area contributed by atoms with Gasteiger partial charge in [-0.25, -0.2) is 4.39 Å². The first-order chi connectivity index (χ1) is 10.1. The summed E-state index contributed by atoms with van der Waals surface area (Å²) in [4.78, 5) is 13.9. The predicted octanol–water partition coefficient (Wildman–Crippen LogP) is 3.39. The lowest BCUT2D eigenvalue weighted by molar-refractivity contribution is -0.118. The van der Waals surface area contributed by atoms with Crippen LogP contribution in [-0.2, 0) is 11.2 Å². The molecule has 21 heavy (non-hydrogen) atoms. The Bertz CT molecular complexity index is 628. The first-order valence-electron chi connectivity index (χ1n) is 7.01. The van der Waals surface area contributed by atoms with Crippen LogP contribution in [0, 0.1) is 5.82 Å². The molecule has 0 saturated carbocycles. The number of para-hydroxylation sites is 1. The van der Waals surface area contributed by atoms with Crippen LogP contribution in [0.5, 0.6) is 0 Å². The Kier molecular flexibility index (Phi) is 4.93. The van der Waals surface area contributed by atoms with Crippen molar-refractivity contribution in [2.24, 2.45) is 0 Å².